The van der Waals surface area contributed by atoms with Gasteiger partial charge in [-0.3, -0.25) is 4.79 Å². The predicted molar refractivity (Wildman–Crippen MR) is 79.3 cm³/mol. The molecule has 3 rings (SSSR count). The van der Waals surface area contributed by atoms with Crippen molar-refractivity contribution in [3.05, 3.63) is 28.8 Å². The van der Waals surface area contributed by atoms with Gasteiger partial charge in [-0.2, -0.15) is 0 Å². The van der Waals surface area contributed by atoms with Crippen LogP contribution in [0.3, 0.4) is 0 Å². The largest absolute Gasteiger partial charge is 0.507 e. The summed E-state index contributed by atoms with van der Waals surface area (Å²) in [5.41, 5.74) is 7.79. The lowest BCUT2D eigenvalue weighted by Crippen LogP contribution is -2.21. The van der Waals surface area contributed by atoms with Gasteiger partial charge in [-0.1, -0.05) is 5.16 Å². The molecular formula is C16H20N2O3. The highest BCUT2D eigenvalue weighted by Crippen LogP contribution is 2.50. The Morgan fingerprint density at radius 2 is 2.10 bits per heavy atom. The van der Waals surface area contributed by atoms with E-state index in [2.05, 4.69) is 5.16 Å². The van der Waals surface area contributed by atoms with Gasteiger partial charge in [0.25, 0.3) is 0 Å². The Kier molecular flexibility index (Phi) is 3.15. The Morgan fingerprint density at radius 1 is 1.43 bits per heavy atom. The Hall–Kier alpha value is -2.04. The van der Waals surface area contributed by atoms with Crippen LogP contribution in [0.2, 0.25) is 0 Å². The molecule has 0 heterocycles. The SMILES string of the molecule is CC(=O)C1(c2cc(/C(N)=N/OC3CC3)c(O)cc2C)CC1. The van der Waals surface area contributed by atoms with Crippen molar-refractivity contribution in [2.24, 2.45) is 10.9 Å². The van der Waals surface area contributed by atoms with E-state index < -0.39 is 5.41 Å². The maximum absolute atomic E-state index is 11.9. The molecule has 0 spiro atoms. The number of aryl methyl sites for hydroxylation is 1. The second-order valence-corrected chi connectivity index (χ2v) is 6.10. The molecular weight excluding hydrogens is 268 g/mol. The van der Waals surface area contributed by atoms with Gasteiger partial charge in [0, 0.05) is 0 Å². The van der Waals surface area contributed by atoms with Crippen molar-refractivity contribution in [2.75, 3.05) is 0 Å². The van der Waals surface area contributed by atoms with E-state index in [9.17, 15) is 9.90 Å². The van der Waals surface area contributed by atoms with Crippen LogP contribution in [0.15, 0.2) is 17.3 Å². The number of amidine groups is 1. The summed E-state index contributed by atoms with van der Waals surface area (Å²) in [7, 11) is 0. The zero-order valence-electron chi connectivity index (χ0n) is 12.3. The molecule has 0 saturated heterocycles. The summed E-state index contributed by atoms with van der Waals surface area (Å²) < 4.78 is 0. The number of phenols is 1. The maximum Gasteiger partial charge on any atom is 0.174 e. The molecule has 2 fully saturated rings. The summed E-state index contributed by atoms with van der Waals surface area (Å²) in [6, 6.07) is 3.43. The number of aromatic hydroxyl groups is 1. The Labute approximate surface area is 123 Å². The van der Waals surface area contributed by atoms with Crippen LogP contribution in [-0.2, 0) is 15.0 Å². The van der Waals surface area contributed by atoms with Crippen molar-refractivity contribution in [3.8, 4) is 5.75 Å². The number of hydrogen-bond donors (Lipinski definition) is 2. The number of nitrogens with zero attached hydrogens (tertiary/aromatic N) is 1. The minimum atomic E-state index is -0.399. The molecule has 0 atom stereocenters. The topological polar surface area (TPSA) is 84.9 Å². The van der Waals surface area contributed by atoms with Crippen LogP contribution in [-0.4, -0.2) is 22.8 Å². The minimum absolute atomic E-state index is 0.0660. The summed E-state index contributed by atoms with van der Waals surface area (Å²) in [5.74, 6) is 0.378. The highest BCUT2D eigenvalue weighted by atomic mass is 16.6. The van der Waals surface area contributed by atoms with Crippen LogP contribution in [0.25, 0.3) is 0 Å². The van der Waals surface area contributed by atoms with E-state index in [1.807, 2.05) is 6.92 Å². The molecule has 0 aliphatic heterocycles. The van der Waals surface area contributed by atoms with E-state index in [1.165, 1.54) is 0 Å². The average molecular weight is 288 g/mol. The Bertz CT molecular complexity index is 629. The number of rotatable bonds is 5. The molecule has 2 aliphatic carbocycles. The third-order valence-electron chi connectivity index (χ3n) is 4.38. The molecule has 5 nitrogen and oxygen atoms in total. The van der Waals surface area contributed by atoms with Crippen molar-refractivity contribution in [1.82, 2.24) is 0 Å². The van der Waals surface area contributed by atoms with Crippen LogP contribution < -0.4 is 5.73 Å². The third-order valence-corrected chi connectivity index (χ3v) is 4.38. The smallest absolute Gasteiger partial charge is 0.174 e. The van der Waals surface area contributed by atoms with Gasteiger partial charge >= 0.3 is 0 Å². The van der Waals surface area contributed by atoms with Crippen molar-refractivity contribution < 1.29 is 14.7 Å². The van der Waals surface area contributed by atoms with Gasteiger partial charge in [0.05, 0.1) is 11.0 Å². The van der Waals surface area contributed by atoms with Gasteiger partial charge in [0.2, 0.25) is 0 Å². The van der Waals surface area contributed by atoms with E-state index in [0.717, 1.165) is 36.8 Å². The van der Waals surface area contributed by atoms with Gasteiger partial charge in [0.15, 0.2) is 5.84 Å². The van der Waals surface area contributed by atoms with Gasteiger partial charge in [0.1, 0.15) is 17.6 Å². The first-order chi connectivity index (χ1) is 9.94. The van der Waals surface area contributed by atoms with Crippen molar-refractivity contribution in [2.45, 2.75) is 51.0 Å². The molecule has 0 unspecified atom stereocenters. The fraction of sp³-hybridized carbons (Fsp3) is 0.500. The number of ketones is 1. The van der Waals surface area contributed by atoms with E-state index in [0.29, 0.717) is 5.56 Å². The molecule has 5 heteroatoms. The van der Waals surface area contributed by atoms with E-state index in [4.69, 9.17) is 10.6 Å². The number of Topliss-reactive ketones (excluding diaryl/α,β-unsaturated/α-hetero) is 1. The number of carbonyl (C=O) groups excluding carboxylic acids is 1. The lowest BCUT2D eigenvalue weighted by atomic mass is 9.87. The summed E-state index contributed by atoms with van der Waals surface area (Å²) in [6.45, 7) is 3.52. The Balaban J connectivity index is 1.97. The van der Waals surface area contributed by atoms with Crippen LogP contribution in [0, 0.1) is 6.92 Å². The molecule has 1 aromatic rings. The van der Waals surface area contributed by atoms with Crippen molar-refractivity contribution in [3.63, 3.8) is 0 Å². The lowest BCUT2D eigenvalue weighted by Gasteiger charge is -2.17. The highest BCUT2D eigenvalue weighted by molar-refractivity contribution is 6.01. The fourth-order valence-corrected chi connectivity index (χ4v) is 2.70. The minimum Gasteiger partial charge on any atom is -0.507 e. The first-order valence-electron chi connectivity index (χ1n) is 7.29. The fourth-order valence-electron chi connectivity index (χ4n) is 2.70. The van der Waals surface area contributed by atoms with Gasteiger partial charge < -0.3 is 15.7 Å². The molecule has 2 saturated carbocycles. The quantitative estimate of drug-likeness (QED) is 0.494. The molecule has 0 amide bonds. The number of benzene rings is 1. The average Bonchev–Trinajstić information content (AvgIpc) is 3.29. The van der Waals surface area contributed by atoms with Crippen molar-refractivity contribution in [1.29, 1.82) is 0 Å². The first-order valence-corrected chi connectivity index (χ1v) is 7.29. The molecule has 1 aromatic carbocycles. The van der Waals surface area contributed by atoms with Gasteiger partial charge in [-0.25, -0.2) is 0 Å². The van der Waals surface area contributed by atoms with E-state index >= 15 is 0 Å². The molecule has 2 aliphatic rings. The molecule has 0 aromatic heterocycles. The molecule has 3 N–H and O–H groups in total. The van der Waals surface area contributed by atoms with Crippen molar-refractivity contribution >= 4 is 11.6 Å². The zero-order valence-corrected chi connectivity index (χ0v) is 12.3. The number of phenolic OH excluding ortho intramolecular Hbond substituents is 1. The van der Waals surface area contributed by atoms with Crippen LogP contribution in [0.1, 0.15) is 49.3 Å². The van der Waals surface area contributed by atoms with Crippen LogP contribution in [0.5, 0.6) is 5.75 Å². The summed E-state index contributed by atoms with van der Waals surface area (Å²) in [6.07, 6.45) is 3.85. The second-order valence-electron chi connectivity index (χ2n) is 6.10. The third kappa shape index (κ3) is 2.48. The monoisotopic (exact) mass is 288 g/mol. The normalized spacial score (nSPS) is 20.2. The Morgan fingerprint density at radius 3 is 2.62 bits per heavy atom. The maximum atomic E-state index is 11.9. The summed E-state index contributed by atoms with van der Waals surface area (Å²) in [5, 5.41) is 14.0. The lowest BCUT2D eigenvalue weighted by molar-refractivity contribution is -0.119. The molecule has 0 radical (unpaired) electrons. The second kappa shape index (κ2) is 4.76. The van der Waals surface area contributed by atoms with E-state index in [-0.39, 0.29) is 23.5 Å². The predicted octanol–water partition coefficient (Wildman–Crippen LogP) is 2.12. The molecule has 0 bridgehead atoms. The number of nitrogens with two attached hydrogens (primary N) is 1. The first kappa shape index (κ1) is 13.9. The summed E-state index contributed by atoms with van der Waals surface area (Å²) in [4.78, 5) is 17.1. The number of hydrogen-bond acceptors (Lipinski definition) is 4. The van der Waals surface area contributed by atoms with Crippen LogP contribution >= 0.6 is 0 Å². The van der Waals surface area contributed by atoms with Gasteiger partial charge in [-0.15, -0.1) is 0 Å². The number of oxime groups is 1. The van der Waals surface area contributed by atoms with Gasteiger partial charge in [-0.05, 0) is 62.8 Å². The van der Waals surface area contributed by atoms with Crippen LogP contribution in [0.4, 0.5) is 0 Å². The molecule has 21 heavy (non-hydrogen) atoms. The summed E-state index contributed by atoms with van der Waals surface area (Å²) >= 11 is 0. The number of carbonyl (C=O) groups is 1. The highest BCUT2D eigenvalue weighted by Gasteiger charge is 2.49. The standard InChI is InChI=1S/C16H20N2O3/c1-9-7-14(20)12(15(17)18-21-11-3-4-11)8-13(9)16(5-6-16)10(2)19/h7-8,11,20H,3-6H2,1-2H3,(H2,17,18). The van der Waals surface area contributed by atoms with E-state index in [1.54, 1.807) is 19.1 Å². The molecule has 112 valence electrons. The zero-order chi connectivity index (χ0) is 15.2.